The summed E-state index contributed by atoms with van der Waals surface area (Å²) in [4.78, 5) is 18.6. The Balaban J connectivity index is 0.000000264. The summed E-state index contributed by atoms with van der Waals surface area (Å²) >= 11 is 1.73. The van der Waals surface area contributed by atoms with Gasteiger partial charge in [-0.3, -0.25) is 9.98 Å². The van der Waals surface area contributed by atoms with Gasteiger partial charge in [0.05, 0.1) is 11.5 Å². The fraction of sp³-hybridized carbons (Fsp3) is 0.402. The van der Waals surface area contributed by atoms with Crippen LogP contribution in [0.1, 0.15) is 225 Å². The third-order valence-corrected chi connectivity index (χ3v) is 18.5. The molecule has 518 valence electrons. The minimum Gasteiger partial charge on any atom is -0.665 e. The van der Waals surface area contributed by atoms with E-state index < -0.39 is 0 Å². The van der Waals surface area contributed by atoms with Crippen molar-refractivity contribution in [1.29, 1.82) is 0 Å². The molecule has 0 saturated carbocycles. The van der Waals surface area contributed by atoms with Gasteiger partial charge in [0, 0.05) is 100 Å². The Hall–Kier alpha value is -6.18. The van der Waals surface area contributed by atoms with Crippen molar-refractivity contribution < 1.29 is 49.7 Å². The normalized spacial score (nSPS) is 11.5. The maximum absolute atomic E-state index is 5.19. The molecule has 1 aliphatic carbocycles. The summed E-state index contributed by atoms with van der Waals surface area (Å²) in [5.74, 6) is 1.66. The number of thiophene rings is 1. The molecule has 0 N–H and O–H groups in total. The quantitative estimate of drug-likeness (QED) is 0.0256. The van der Waals surface area contributed by atoms with Crippen LogP contribution in [0, 0.1) is 67.9 Å². The fourth-order valence-corrected chi connectivity index (χ4v) is 13.5. The maximum atomic E-state index is 5.19. The van der Waals surface area contributed by atoms with Gasteiger partial charge in [-0.25, -0.2) is 11.3 Å². The molecule has 3 heterocycles. The molecule has 0 fully saturated rings. The molecule has 2 radical (unpaired) electrons. The summed E-state index contributed by atoms with van der Waals surface area (Å²) in [7, 11) is 7.03. The number of hydrogen-bond donors (Lipinski definition) is 0. The molecule has 10 rings (SSSR count). The first-order valence-electron chi connectivity index (χ1n) is 35.4. The van der Waals surface area contributed by atoms with Crippen LogP contribution >= 0.6 is 11.3 Å². The summed E-state index contributed by atoms with van der Waals surface area (Å²) in [5.41, 5.74) is 19.1. The number of aryl methyl sites for hydroxylation is 6. The number of aliphatic imine (C=N–C) groups is 2. The third kappa shape index (κ3) is 26.9. The Morgan fingerprint density at radius 3 is 1.33 bits per heavy atom. The summed E-state index contributed by atoms with van der Waals surface area (Å²) in [5, 5.41) is 1.17. The van der Waals surface area contributed by atoms with Crippen LogP contribution in [0.2, 0.25) is 0 Å². The van der Waals surface area contributed by atoms with Gasteiger partial charge in [0.2, 0.25) is 0 Å². The second-order valence-corrected chi connectivity index (χ2v) is 26.5. The van der Waals surface area contributed by atoms with Crippen LogP contribution in [0.25, 0.3) is 43.0 Å². The van der Waals surface area contributed by atoms with Gasteiger partial charge in [-0.1, -0.05) is 239 Å². The van der Waals surface area contributed by atoms with E-state index in [0.29, 0.717) is 0 Å². The molecule has 6 aromatic carbocycles. The van der Waals surface area contributed by atoms with Crippen LogP contribution in [-0.2, 0) is 45.6 Å². The van der Waals surface area contributed by atoms with Gasteiger partial charge in [-0.2, -0.15) is 14.2 Å². The number of aromatic nitrogens is 2. The number of fused-ring (bicyclic) bond motifs is 4. The van der Waals surface area contributed by atoms with E-state index in [0.717, 1.165) is 81.5 Å². The molecule has 0 spiro atoms. The zero-order valence-corrected chi connectivity index (χ0v) is 65.3. The zero-order valence-electron chi connectivity index (χ0n) is 59.7. The van der Waals surface area contributed by atoms with E-state index in [1.807, 2.05) is 99.2 Å². The molecule has 0 bridgehead atoms. The molecule has 3 aromatic heterocycles. The van der Waals surface area contributed by atoms with E-state index in [-0.39, 0.29) is 45.6 Å². The second kappa shape index (κ2) is 46.9. The number of unbranched alkanes of at least 4 members (excludes halogenated alkanes) is 16. The first kappa shape index (κ1) is 82.2. The van der Waals surface area contributed by atoms with Crippen molar-refractivity contribution in [3.05, 3.63) is 240 Å². The average Bonchev–Trinajstić information content (AvgIpc) is 1.57. The standard InChI is InChI=1S/C31H46.2C16H24NO.C13H8NS.C11H8N.2Ir/c1-5-7-9-11-13-15-21-31(22-16-14-12-10-8-6-2)29-23-25(3)17-19-27(29)28-20-18-26(4)24-30(28)31;2*1-5-6-7-8-9-17-12-15-11-13(2)10-14(3)16(15)18-4;1-2-7-12-10(5-1)9-13(15-12)11-6-3-4-8-14-11;1-2-6-10(7-3-1)11-8-4-5-9-12-11;;/h17-20,23-24H,5-16,21-22H2,1-4H3;2*10-12H,4-9H2,1-3H3;1-8H;1-6,8-9H;;/q;4*-1;;. The van der Waals surface area contributed by atoms with Gasteiger partial charge in [-0.15, -0.1) is 59.5 Å². The average molecular weight is 1660 g/mol. The maximum Gasteiger partial charge on any atom is 0.0963 e. The van der Waals surface area contributed by atoms with Crippen molar-refractivity contribution in [2.24, 2.45) is 9.98 Å². The van der Waals surface area contributed by atoms with Crippen molar-refractivity contribution in [3.63, 3.8) is 0 Å². The van der Waals surface area contributed by atoms with Gasteiger partial charge in [0.1, 0.15) is 0 Å². The third-order valence-electron chi connectivity index (χ3n) is 17.4. The predicted octanol–water partition coefficient (Wildman–Crippen LogP) is 25.3. The SMILES string of the molecule is CCCCCCCCC1(CCCCCCCC)c2cc(C)ccc2-c2ccc(C)cc21.[CH2-]Oc1c(C)cc(C)cc1C=NCCCCCC.[CH2-]Oc1c(C)cc(C)cc1C=NCCCCCC.[Ir].[Ir].[c-]1c(-c2ccccn2)sc2ccccc12.[c-]1ccccc1-c1ccccn1. The predicted molar refractivity (Wildman–Crippen MR) is 408 cm³/mol. The first-order valence-corrected chi connectivity index (χ1v) is 36.2. The molecule has 0 atom stereocenters. The largest absolute Gasteiger partial charge is 0.665 e. The van der Waals surface area contributed by atoms with Crippen LogP contribution in [0.15, 0.2) is 168 Å². The fourth-order valence-electron chi connectivity index (χ4n) is 12.6. The monoisotopic (exact) mass is 1660 g/mol. The van der Waals surface area contributed by atoms with E-state index in [4.69, 9.17) is 9.47 Å². The van der Waals surface area contributed by atoms with E-state index in [9.17, 15) is 0 Å². The minimum atomic E-state index is 0. The number of pyridine rings is 2. The number of rotatable bonds is 30. The van der Waals surface area contributed by atoms with Gasteiger partial charge >= 0.3 is 0 Å². The van der Waals surface area contributed by atoms with Gasteiger partial charge in [0.25, 0.3) is 0 Å². The van der Waals surface area contributed by atoms with Crippen LogP contribution in [0.3, 0.4) is 0 Å². The molecular formula is C87H110Ir2N4O2S-4. The van der Waals surface area contributed by atoms with E-state index >= 15 is 0 Å². The van der Waals surface area contributed by atoms with Gasteiger partial charge < -0.3 is 19.4 Å². The molecule has 0 saturated heterocycles. The Kier molecular flexibility index (Phi) is 40.2. The topological polar surface area (TPSA) is 69.0 Å². The van der Waals surface area contributed by atoms with Crippen LogP contribution < -0.4 is 9.47 Å². The summed E-state index contributed by atoms with van der Waals surface area (Å²) < 4.78 is 11.6. The molecular weight excluding hydrogens is 1550 g/mol. The Bertz CT molecular complexity index is 3420. The second-order valence-electron chi connectivity index (χ2n) is 25.5. The van der Waals surface area contributed by atoms with Crippen molar-refractivity contribution >= 4 is 33.9 Å². The number of hydrogen-bond acceptors (Lipinski definition) is 7. The van der Waals surface area contributed by atoms with Crippen LogP contribution in [-0.4, -0.2) is 35.5 Å². The van der Waals surface area contributed by atoms with Crippen LogP contribution in [0.5, 0.6) is 11.5 Å². The summed E-state index contributed by atoms with van der Waals surface area (Å²) in [6, 6.07) is 57.3. The molecule has 0 amide bonds. The number of nitrogens with zero attached hydrogens (tertiary/aromatic N) is 4. The van der Waals surface area contributed by atoms with Crippen molar-refractivity contribution in [2.75, 3.05) is 13.1 Å². The minimum absolute atomic E-state index is 0. The first-order chi connectivity index (χ1) is 45.9. The molecule has 0 unspecified atom stereocenters. The molecule has 96 heavy (non-hydrogen) atoms. The van der Waals surface area contributed by atoms with E-state index in [1.165, 1.54) is 172 Å². The summed E-state index contributed by atoms with van der Waals surface area (Å²) in [6.07, 6.45) is 36.6. The van der Waals surface area contributed by atoms with E-state index in [1.54, 1.807) is 28.7 Å². The molecule has 9 heteroatoms. The number of benzene rings is 6. The summed E-state index contributed by atoms with van der Waals surface area (Å²) in [6.45, 7) is 23.6. The smallest absolute Gasteiger partial charge is 0.0963 e. The zero-order chi connectivity index (χ0) is 67.2. The number of ether oxygens (including phenoxy) is 2. The van der Waals surface area contributed by atoms with Crippen molar-refractivity contribution in [3.8, 4) is 44.5 Å². The molecule has 1 aliphatic rings. The Labute approximate surface area is 612 Å². The molecule has 9 aromatic rings. The van der Waals surface area contributed by atoms with Crippen molar-refractivity contribution in [1.82, 2.24) is 9.97 Å². The van der Waals surface area contributed by atoms with Crippen molar-refractivity contribution in [2.45, 2.75) is 216 Å². The Morgan fingerprint density at radius 1 is 0.458 bits per heavy atom. The van der Waals surface area contributed by atoms with Gasteiger partial charge in [0.15, 0.2) is 0 Å². The van der Waals surface area contributed by atoms with Crippen LogP contribution in [0.4, 0.5) is 0 Å². The molecule has 6 nitrogen and oxygen atoms in total. The Morgan fingerprint density at radius 2 is 0.896 bits per heavy atom. The van der Waals surface area contributed by atoms with Gasteiger partial charge in [-0.05, 0) is 151 Å². The molecule has 0 aliphatic heterocycles. The van der Waals surface area contributed by atoms with E-state index in [2.05, 4.69) is 181 Å².